The highest BCUT2D eigenvalue weighted by molar-refractivity contribution is 5.61. The van der Waals surface area contributed by atoms with Crippen LogP contribution in [0.5, 0.6) is 0 Å². The van der Waals surface area contributed by atoms with Crippen LogP contribution in [-0.2, 0) is 18.8 Å². The Balaban J connectivity index is 2.47. The lowest BCUT2D eigenvalue weighted by molar-refractivity contribution is -0.143. The Hall–Kier alpha value is -1.96. The second-order valence-corrected chi connectivity index (χ2v) is 4.89. The molecule has 23 heavy (non-hydrogen) atoms. The summed E-state index contributed by atoms with van der Waals surface area (Å²) in [5.74, 6) is 0.287. The van der Waals surface area contributed by atoms with Gasteiger partial charge in [0.05, 0.1) is 11.1 Å². The van der Waals surface area contributed by atoms with Gasteiger partial charge in [-0.15, -0.1) is 0 Å². The minimum absolute atomic E-state index is 0.0686. The molecule has 2 aromatic rings. The number of rotatable bonds is 4. The van der Waals surface area contributed by atoms with Crippen LogP contribution < -0.4 is 0 Å². The normalized spacial score (nSPS) is 12.7. The maximum atomic E-state index is 12.8. The van der Waals surface area contributed by atoms with E-state index in [0.29, 0.717) is 30.7 Å². The molecule has 0 fully saturated rings. The van der Waals surface area contributed by atoms with Crippen molar-refractivity contribution in [2.24, 2.45) is 0 Å². The predicted octanol–water partition coefficient (Wildman–Crippen LogP) is 4.91. The molecule has 0 radical (unpaired) electrons. The smallest absolute Gasteiger partial charge is 0.416 e. The number of alkyl halides is 6. The second kappa shape index (κ2) is 6.27. The van der Waals surface area contributed by atoms with E-state index < -0.39 is 23.5 Å². The fraction of sp³-hybridized carbons (Fsp3) is 0.333. The highest BCUT2D eigenvalue weighted by Crippen LogP contribution is 2.38. The molecule has 1 aromatic carbocycles. The zero-order valence-electron chi connectivity index (χ0n) is 11.6. The third-order valence-corrected chi connectivity index (χ3v) is 3.12. The van der Waals surface area contributed by atoms with E-state index in [1.54, 1.807) is 0 Å². The molecule has 2 nitrogen and oxygen atoms in total. The first-order chi connectivity index (χ1) is 10.6. The first kappa shape index (κ1) is 17.4. The third kappa shape index (κ3) is 4.28. The molecule has 0 unspecified atom stereocenters. The van der Waals surface area contributed by atoms with Gasteiger partial charge in [0.2, 0.25) is 0 Å². The summed E-state index contributed by atoms with van der Waals surface area (Å²) in [5.41, 5.74) is -3.09. The summed E-state index contributed by atoms with van der Waals surface area (Å²) in [6.07, 6.45) is -9.09. The fourth-order valence-corrected chi connectivity index (χ4v) is 2.02. The van der Waals surface area contributed by atoms with Crippen molar-refractivity contribution in [2.75, 3.05) is 6.61 Å². The molecular formula is C15H12F6O2. The summed E-state index contributed by atoms with van der Waals surface area (Å²) in [7, 11) is 0. The van der Waals surface area contributed by atoms with Gasteiger partial charge in [-0.2, -0.15) is 26.3 Å². The van der Waals surface area contributed by atoms with Crippen LogP contribution in [0.3, 0.4) is 0 Å². The number of aryl methyl sites for hydroxylation is 1. The van der Waals surface area contributed by atoms with Crippen molar-refractivity contribution < 1.29 is 35.9 Å². The molecule has 0 aliphatic heterocycles. The summed E-state index contributed by atoms with van der Waals surface area (Å²) >= 11 is 0. The van der Waals surface area contributed by atoms with Gasteiger partial charge in [-0.25, -0.2) is 0 Å². The SMILES string of the molecule is OCCCc1ccc(-c2cc(C(F)(F)F)cc(C(F)(F)F)c2)o1. The Kier molecular flexibility index (Phi) is 4.74. The van der Waals surface area contributed by atoms with Crippen LogP contribution in [0, 0.1) is 0 Å². The number of halogens is 6. The quantitative estimate of drug-likeness (QED) is 0.804. The molecule has 0 amide bonds. The molecule has 8 heteroatoms. The van der Waals surface area contributed by atoms with Gasteiger partial charge in [-0.3, -0.25) is 0 Å². The Bertz CT molecular complexity index is 637. The van der Waals surface area contributed by atoms with Gasteiger partial charge in [-0.1, -0.05) is 0 Å². The van der Waals surface area contributed by atoms with Crippen LogP contribution in [0.4, 0.5) is 26.3 Å². The molecular weight excluding hydrogens is 326 g/mol. The molecule has 1 heterocycles. The third-order valence-electron chi connectivity index (χ3n) is 3.12. The van der Waals surface area contributed by atoms with E-state index >= 15 is 0 Å². The summed E-state index contributed by atoms with van der Waals surface area (Å²) in [6, 6.07) is 4.06. The van der Waals surface area contributed by atoms with Gasteiger partial charge in [0.15, 0.2) is 0 Å². The van der Waals surface area contributed by atoms with Gasteiger partial charge in [0.25, 0.3) is 0 Å². The van der Waals surface area contributed by atoms with E-state index in [1.807, 2.05) is 0 Å². The lowest BCUT2D eigenvalue weighted by Gasteiger charge is -2.13. The highest BCUT2D eigenvalue weighted by Gasteiger charge is 2.37. The number of aliphatic hydroxyl groups is 1. The second-order valence-electron chi connectivity index (χ2n) is 4.89. The fourth-order valence-electron chi connectivity index (χ4n) is 2.02. The summed E-state index contributed by atoms with van der Waals surface area (Å²) in [6.45, 7) is -0.0994. The average molecular weight is 338 g/mol. The molecule has 0 aliphatic carbocycles. The van der Waals surface area contributed by atoms with Crippen molar-refractivity contribution in [3.8, 4) is 11.3 Å². The molecule has 0 saturated heterocycles. The first-order valence-corrected chi connectivity index (χ1v) is 6.60. The number of benzene rings is 1. The van der Waals surface area contributed by atoms with E-state index in [0.717, 1.165) is 0 Å². The number of hydrogen-bond acceptors (Lipinski definition) is 2. The van der Waals surface area contributed by atoms with Crippen LogP contribution in [0.15, 0.2) is 34.7 Å². The van der Waals surface area contributed by atoms with Crippen LogP contribution in [0.25, 0.3) is 11.3 Å². The molecule has 1 N–H and O–H groups in total. The maximum Gasteiger partial charge on any atom is 0.416 e. The Morgan fingerprint density at radius 3 is 1.91 bits per heavy atom. The Labute approximate surface area is 127 Å². The molecule has 0 saturated carbocycles. The Morgan fingerprint density at radius 2 is 1.43 bits per heavy atom. The van der Waals surface area contributed by atoms with Gasteiger partial charge < -0.3 is 9.52 Å². The summed E-state index contributed by atoms with van der Waals surface area (Å²) < 4.78 is 82.0. The summed E-state index contributed by atoms with van der Waals surface area (Å²) in [4.78, 5) is 0. The van der Waals surface area contributed by atoms with E-state index in [4.69, 9.17) is 9.52 Å². The highest BCUT2D eigenvalue weighted by atomic mass is 19.4. The van der Waals surface area contributed by atoms with Crippen molar-refractivity contribution in [3.63, 3.8) is 0 Å². The van der Waals surface area contributed by atoms with Gasteiger partial charge in [0, 0.05) is 18.6 Å². The lowest BCUT2D eigenvalue weighted by Crippen LogP contribution is -2.11. The van der Waals surface area contributed by atoms with E-state index in [9.17, 15) is 26.3 Å². The first-order valence-electron chi connectivity index (χ1n) is 6.60. The Morgan fingerprint density at radius 1 is 0.870 bits per heavy atom. The van der Waals surface area contributed by atoms with Gasteiger partial charge in [-0.05, 0) is 36.8 Å². The van der Waals surface area contributed by atoms with Crippen molar-refractivity contribution in [1.82, 2.24) is 0 Å². The topological polar surface area (TPSA) is 33.4 Å². The molecule has 2 rings (SSSR count). The minimum Gasteiger partial charge on any atom is -0.461 e. The van der Waals surface area contributed by atoms with Gasteiger partial charge >= 0.3 is 12.4 Å². The van der Waals surface area contributed by atoms with Crippen molar-refractivity contribution in [1.29, 1.82) is 0 Å². The molecule has 126 valence electrons. The molecule has 0 spiro atoms. The molecule has 0 aliphatic rings. The molecule has 0 bridgehead atoms. The van der Waals surface area contributed by atoms with Crippen molar-refractivity contribution >= 4 is 0 Å². The lowest BCUT2D eigenvalue weighted by atomic mass is 10.0. The van der Waals surface area contributed by atoms with Gasteiger partial charge in [0.1, 0.15) is 11.5 Å². The van der Waals surface area contributed by atoms with Crippen LogP contribution in [0.1, 0.15) is 23.3 Å². The van der Waals surface area contributed by atoms with E-state index in [-0.39, 0.29) is 24.0 Å². The molecule has 1 aromatic heterocycles. The molecule has 0 atom stereocenters. The van der Waals surface area contributed by atoms with Crippen LogP contribution in [0.2, 0.25) is 0 Å². The predicted molar refractivity (Wildman–Crippen MR) is 69.6 cm³/mol. The van der Waals surface area contributed by atoms with E-state index in [1.165, 1.54) is 12.1 Å². The number of aliphatic hydroxyl groups excluding tert-OH is 1. The maximum absolute atomic E-state index is 12.8. The van der Waals surface area contributed by atoms with E-state index in [2.05, 4.69) is 0 Å². The van der Waals surface area contributed by atoms with Crippen LogP contribution in [-0.4, -0.2) is 11.7 Å². The van der Waals surface area contributed by atoms with Crippen molar-refractivity contribution in [3.05, 3.63) is 47.2 Å². The summed E-state index contributed by atoms with van der Waals surface area (Å²) in [5, 5.41) is 8.71. The zero-order valence-corrected chi connectivity index (χ0v) is 11.6. The minimum atomic E-state index is -4.90. The standard InChI is InChI=1S/C15H12F6O2/c16-14(17,18)10-6-9(7-11(8-10)15(19,20)21)13-4-3-12(23-13)2-1-5-22/h3-4,6-8,22H,1-2,5H2. The average Bonchev–Trinajstić information content (AvgIpc) is 2.91. The number of hydrogen-bond donors (Lipinski definition) is 1. The monoisotopic (exact) mass is 338 g/mol. The van der Waals surface area contributed by atoms with Crippen molar-refractivity contribution in [2.45, 2.75) is 25.2 Å². The largest absolute Gasteiger partial charge is 0.461 e. The van der Waals surface area contributed by atoms with Crippen LogP contribution >= 0.6 is 0 Å². The number of furan rings is 1. The zero-order chi connectivity index (χ0) is 17.3.